The van der Waals surface area contributed by atoms with Gasteiger partial charge in [-0.1, -0.05) is 22.9 Å². The lowest BCUT2D eigenvalue weighted by Crippen LogP contribution is -2.40. The second-order valence-electron chi connectivity index (χ2n) is 10.2. The number of aromatic nitrogens is 1. The van der Waals surface area contributed by atoms with Crippen molar-refractivity contribution in [3.8, 4) is 0 Å². The zero-order chi connectivity index (χ0) is 28.4. The first kappa shape index (κ1) is 28.6. The number of halogens is 4. The van der Waals surface area contributed by atoms with Crippen LogP contribution in [0.15, 0.2) is 30.3 Å². The number of methoxy groups -OCH3 is 1. The van der Waals surface area contributed by atoms with Gasteiger partial charge in [0.2, 0.25) is 5.91 Å². The number of hydrogen-bond acceptors (Lipinski definition) is 7. The summed E-state index contributed by atoms with van der Waals surface area (Å²) in [6.45, 7) is 0.104. The number of amides is 1. The molecule has 7 nitrogen and oxygen atoms in total. The first-order valence-electron chi connectivity index (χ1n) is 13.1. The van der Waals surface area contributed by atoms with Crippen LogP contribution in [0.4, 0.5) is 24.0 Å². The van der Waals surface area contributed by atoms with Crippen molar-refractivity contribution >= 4 is 55.8 Å². The summed E-state index contributed by atoms with van der Waals surface area (Å²) >= 11 is 7.66. The first-order valence-corrected chi connectivity index (χ1v) is 14.3. The fourth-order valence-corrected chi connectivity index (χ4v) is 6.45. The van der Waals surface area contributed by atoms with Crippen LogP contribution in [0.1, 0.15) is 37.7 Å². The fraction of sp³-hybridized carbons (Fsp3) is 0.464. The lowest BCUT2D eigenvalue weighted by atomic mass is 9.87. The highest BCUT2D eigenvalue weighted by Gasteiger charge is 2.37. The van der Waals surface area contributed by atoms with Crippen molar-refractivity contribution < 1.29 is 32.2 Å². The number of rotatable bonds is 8. The minimum atomic E-state index is -1.19. The van der Waals surface area contributed by atoms with E-state index in [1.807, 2.05) is 0 Å². The first-order chi connectivity index (χ1) is 19.2. The highest BCUT2D eigenvalue weighted by molar-refractivity contribution is 7.22. The van der Waals surface area contributed by atoms with Gasteiger partial charge in [0, 0.05) is 12.5 Å². The average Bonchev–Trinajstić information content (AvgIpc) is 3.51. The van der Waals surface area contributed by atoms with Gasteiger partial charge in [0.15, 0.2) is 5.13 Å². The molecule has 2 atom stereocenters. The van der Waals surface area contributed by atoms with E-state index in [1.165, 1.54) is 47.6 Å². The molecule has 12 heteroatoms. The highest BCUT2D eigenvalue weighted by atomic mass is 35.5. The van der Waals surface area contributed by atoms with Crippen molar-refractivity contribution in [2.75, 3.05) is 25.6 Å². The number of ether oxygens (including phenoxy) is 2. The van der Waals surface area contributed by atoms with Gasteiger partial charge in [0.1, 0.15) is 17.8 Å². The lowest BCUT2D eigenvalue weighted by Gasteiger charge is -2.30. The summed E-state index contributed by atoms with van der Waals surface area (Å²) in [5.41, 5.74) is 0.818. The number of hydrogen-bond donors (Lipinski definition) is 1. The fourth-order valence-electron chi connectivity index (χ4n) is 5.35. The summed E-state index contributed by atoms with van der Waals surface area (Å²) in [6, 6.07) is 6.36. The van der Waals surface area contributed by atoms with E-state index in [4.69, 9.17) is 21.1 Å². The van der Waals surface area contributed by atoms with Crippen molar-refractivity contribution in [1.82, 2.24) is 9.88 Å². The number of anilines is 2. The Bertz CT molecular complexity index is 1400. The molecule has 214 valence electrons. The maximum Gasteiger partial charge on any atom is 0.308 e. The number of carbonyl (C=O) groups excluding carboxylic acids is 2. The summed E-state index contributed by atoms with van der Waals surface area (Å²) in [6.07, 6.45) is 1.34. The third-order valence-corrected chi connectivity index (χ3v) is 8.75. The van der Waals surface area contributed by atoms with Crippen LogP contribution in [0.2, 0.25) is 5.02 Å². The van der Waals surface area contributed by atoms with Gasteiger partial charge < -0.3 is 19.7 Å². The molecule has 2 heterocycles. The number of alkyl halides is 1. The van der Waals surface area contributed by atoms with Gasteiger partial charge in [-0.2, -0.15) is 0 Å². The van der Waals surface area contributed by atoms with Crippen LogP contribution in [0.25, 0.3) is 10.2 Å². The molecule has 0 unspecified atom stereocenters. The Morgan fingerprint density at radius 2 is 1.95 bits per heavy atom. The topological polar surface area (TPSA) is 80.8 Å². The van der Waals surface area contributed by atoms with Gasteiger partial charge in [-0.05, 0) is 55.5 Å². The zero-order valence-corrected chi connectivity index (χ0v) is 23.4. The Balaban J connectivity index is 1.19. The molecule has 2 aliphatic rings. The van der Waals surface area contributed by atoms with Gasteiger partial charge >= 0.3 is 5.97 Å². The van der Waals surface area contributed by atoms with Crippen molar-refractivity contribution in [2.24, 2.45) is 5.92 Å². The molecule has 1 aromatic heterocycles. The number of fused-ring (bicyclic) bond motifs is 1. The van der Waals surface area contributed by atoms with Gasteiger partial charge in [0.05, 0.1) is 65.7 Å². The molecule has 40 heavy (non-hydrogen) atoms. The number of thiazole rings is 1. The number of esters is 1. The van der Waals surface area contributed by atoms with Crippen molar-refractivity contribution in [3.63, 3.8) is 0 Å². The molecule has 1 saturated carbocycles. The van der Waals surface area contributed by atoms with Crippen LogP contribution in [-0.4, -0.2) is 60.3 Å². The molecule has 3 aromatic rings. The van der Waals surface area contributed by atoms with Crippen LogP contribution in [0.3, 0.4) is 0 Å². The number of benzene rings is 2. The van der Waals surface area contributed by atoms with E-state index in [0.29, 0.717) is 36.3 Å². The molecule has 0 spiro atoms. The predicted octanol–water partition coefficient (Wildman–Crippen LogP) is 6.20. The molecule has 2 aromatic carbocycles. The van der Waals surface area contributed by atoms with Crippen LogP contribution in [-0.2, 0) is 25.5 Å². The van der Waals surface area contributed by atoms with E-state index in [2.05, 4.69) is 10.3 Å². The number of nitrogens with one attached hydrogen (secondary N) is 1. The Kier molecular flexibility index (Phi) is 8.82. The minimum absolute atomic E-state index is 0.0673. The third-order valence-electron chi connectivity index (χ3n) is 7.49. The Labute approximate surface area is 238 Å². The van der Waals surface area contributed by atoms with Crippen molar-refractivity contribution in [2.45, 2.75) is 56.8 Å². The number of likely N-dealkylation sites (tertiary alicyclic amines) is 1. The second kappa shape index (κ2) is 12.3. The maximum atomic E-state index is 15.0. The lowest BCUT2D eigenvalue weighted by molar-refractivity contribution is -0.148. The molecule has 1 aliphatic carbocycles. The highest BCUT2D eigenvalue weighted by Crippen LogP contribution is 2.34. The Morgan fingerprint density at radius 1 is 1.18 bits per heavy atom. The van der Waals surface area contributed by atoms with Crippen molar-refractivity contribution in [1.29, 1.82) is 0 Å². The standard InChI is InChI=1S/C28H29ClF3N3O4S/c1-38-27(37)15-2-5-20(6-3-15)39-14-19-10-18(31)13-35(19)26(36)9-16-8-21(29)23(12-22(16)32)33-28-34-24-11-17(30)4-7-25(24)40-28/h4,7-8,11-12,15,18-20H,2-3,5-6,9-10,13-14H2,1H3,(H,33,34)/t15?,18-,19-,20?/m0/s1. The monoisotopic (exact) mass is 595 g/mol. The molecule has 1 N–H and O–H groups in total. The quantitative estimate of drug-likeness (QED) is 0.312. The van der Waals surface area contributed by atoms with E-state index in [9.17, 15) is 18.4 Å². The largest absolute Gasteiger partial charge is 0.469 e. The SMILES string of the molecule is COC(=O)C1CCC(OC[C@@H]2C[C@H](F)CN2C(=O)Cc2cc(Cl)c(Nc3nc4cc(F)ccc4s3)cc2F)CC1. The summed E-state index contributed by atoms with van der Waals surface area (Å²) in [5.74, 6) is -1.80. The summed E-state index contributed by atoms with van der Waals surface area (Å²) in [4.78, 5) is 30.6. The smallest absolute Gasteiger partial charge is 0.308 e. The number of nitrogens with zero attached hydrogens (tertiary/aromatic N) is 2. The average molecular weight is 596 g/mol. The van der Waals surface area contributed by atoms with Gasteiger partial charge in [-0.15, -0.1) is 0 Å². The maximum absolute atomic E-state index is 15.0. The summed E-state index contributed by atoms with van der Waals surface area (Å²) in [7, 11) is 1.38. The normalized spacial score (nSPS) is 23.0. The van der Waals surface area contributed by atoms with Gasteiger partial charge in [-0.25, -0.2) is 18.2 Å². The molecular formula is C28H29ClF3N3O4S. The molecular weight excluding hydrogens is 567 g/mol. The summed E-state index contributed by atoms with van der Waals surface area (Å²) < 4.78 is 54.4. The molecule has 1 saturated heterocycles. The van der Waals surface area contributed by atoms with Crippen LogP contribution in [0, 0.1) is 17.6 Å². The minimum Gasteiger partial charge on any atom is -0.469 e. The third kappa shape index (κ3) is 6.53. The van der Waals surface area contributed by atoms with Gasteiger partial charge in [-0.3, -0.25) is 9.59 Å². The van der Waals surface area contributed by atoms with E-state index < -0.39 is 29.8 Å². The molecule has 1 aliphatic heterocycles. The van der Waals surface area contributed by atoms with E-state index >= 15 is 4.39 Å². The Hall–Kier alpha value is -2.89. The Morgan fingerprint density at radius 3 is 2.70 bits per heavy atom. The van der Waals surface area contributed by atoms with E-state index in [0.717, 1.165) is 4.70 Å². The predicted molar refractivity (Wildman–Crippen MR) is 147 cm³/mol. The molecule has 1 amide bonds. The van der Waals surface area contributed by atoms with Crippen LogP contribution in [0.5, 0.6) is 0 Å². The van der Waals surface area contributed by atoms with Crippen LogP contribution < -0.4 is 5.32 Å². The summed E-state index contributed by atoms with van der Waals surface area (Å²) in [5, 5.41) is 3.55. The van der Waals surface area contributed by atoms with E-state index in [1.54, 1.807) is 6.07 Å². The zero-order valence-electron chi connectivity index (χ0n) is 21.8. The van der Waals surface area contributed by atoms with Gasteiger partial charge in [0.25, 0.3) is 0 Å². The van der Waals surface area contributed by atoms with Crippen molar-refractivity contribution in [3.05, 3.63) is 52.6 Å². The number of carbonyl (C=O) groups is 2. The van der Waals surface area contributed by atoms with Crippen LogP contribution >= 0.6 is 22.9 Å². The molecule has 0 radical (unpaired) electrons. The molecule has 5 rings (SSSR count). The second-order valence-corrected chi connectivity index (χ2v) is 11.7. The van der Waals surface area contributed by atoms with E-state index in [-0.39, 0.29) is 60.3 Å². The molecule has 0 bridgehead atoms. The molecule has 2 fully saturated rings.